The number of rotatable bonds is 22. The maximum absolute atomic E-state index is 2.43. The van der Waals surface area contributed by atoms with Gasteiger partial charge in [0.15, 0.2) is 0 Å². The molecule has 0 aliphatic rings. The molecule has 0 bridgehead atoms. The van der Waals surface area contributed by atoms with Gasteiger partial charge in [0.1, 0.15) is 0 Å². The average Bonchev–Trinajstić information content (AvgIpc) is 2.66. The van der Waals surface area contributed by atoms with E-state index in [1.165, 1.54) is 142 Å². The Morgan fingerprint density at radius 1 is 0.407 bits per heavy atom. The Bertz CT molecular complexity index is 244. The van der Waals surface area contributed by atoms with Crippen LogP contribution in [0, 0.1) is 0 Å². The lowest BCUT2D eigenvalue weighted by molar-refractivity contribution is 0.340. The summed E-state index contributed by atoms with van der Waals surface area (Å²) >= 11 is 0. The molecule has 0 heterocycles. The molecular formula is C25H54BrN. The first-order chi connectivity index (χ1) is 12.8. The fourth-order valence-corrected chi connectivity index (χ4v) is 3.80. The Balaban J connectivity index is 0. The van der Waals surface area contributed by atoms with Crippen molar-refractivity contribution in [1.82, 2.24) is 4.90 Å². The van der Waals surface area contributed by atoms with E-state index in [2.05, 4.69) is 25.8 Å². The van der Waals surface area contributed by atoms with Gasteiger partial charge in [0, 0.05) is 0 Å². The van der Waals surface area contributed by atoms with Crippen molar-refractivity contribution in [3.8, 4) is 0 Å². The third-order valence-electron chi connectivity index (χ3n) is 5.93. The Hall–Kier alpha value is 0.440. The van der Waals surface area contributed by atoms with E-state index in [9.17, 15) is 0 Å². The molecular weight excluding hydrogens is 394 g/mol. The van der Waals surface area contributed by atoms with Crippen LogP contribution in [0.2, 0.25) is 0 Å². The average molecular weight is 449 g/mol. The van der Waals surface area contributed by atoms with Crippen molar-refractivity contribution in [2.75, 3.05) is 20.1 Å². The lowest BCUT2D eigenvalue weighted by Crippen LogP contribution is -2.18. The summed E-state index contributed by atoms with van der Waals surface area (Å²) in [6.45, 7) is 7.03. The Kier molecular flexibility index (Phi) is 29.0. The number of hydrogen-bond donors (Lipinski definition) is 0. The molecule has 0 saturated carbocycles. The molecule has 0 aromatic rings. The molecule has 0 aliphatic carbocycles. The van der Waals surface area contributed by atoms with E-state index in [1.54, 1.807) is 0 Å². The predicted molar refractivity (Wildman–Crippen MR) is 132 cm³/mol. The molecule has 0 unspecified atom stereocenters. The van der Waals surface area contributed by atoms with Crippen LogP contribution in [0.25, 0.3) is 0 Å². The second-order valence-electron chi connectivity index (χ2n) is 8.61. The van der Waals surface area contributed by atoms with Crippen molar-refractivity contribution >= 4 is 17.0 Å². The van der Waals surface area contributed by atoms with Gasteiger partial charge in [0.25, 0.3) is 0 Å². The van der Waals surface area contributed by atoms with Crippen molar-refractivity contribution < 1.29 is 0 Å². The largest absolute Gasteiger partial charge is 0.307 e. The van der Waals surface area contributed by atoms with Crippen LogP contribution in [0.4, 0.5) is 0 Å². The smallest absolute Gasteiger partial charge is 0.00219 e. The van der Waals surface area contributed by atoms with Crippen molar-refractivity contribution in [1.29, 1.82) is 0 Å². The van der Waals surface area contributed by atoms with Crippen molar-refractivity contribution in [3.63, 3.8) is 0 Å². The third-order valence-corrected chi connectivity index (χ3v) is 5.93. The lowest BCUT2D eigenvalue weighted by atomic mass is 10.0. The molecule has 0 N–H and O–H groups in total. The van der Waals surface area contributed by atoms with Crippen LogP contribution in [0.1, 0.15) is 142 Å². The molecule has 0 aromatic heterocycles. The second kappa shape index (κ2) is 26.4. The quantitative estimate of drug-likeness (QED) is 0.149. The minimum Gasteiger partial charge on any atom is -0.307 e. The summed E-state index contributed by atoms with van der Waals surface area (Å²) in [4.78, 5) is 2.43. The summed E-state index contributed by atoms with van der Waals surface area (Å²) in [7, 11) is 2.23. The highest BCUT2D eigenvalue weighted by atomic mass is 79.9. The summed E-state index contributed by atoms with van der Waals surface area (Å²) in [5.74, 6) is 0. The van der Waals surface area contributed by atoms with Gasteiger partial charge in [-0.3, -0.25) is 0 Å². The van der Waals surface area contributed by atoms with Gasteiger partial charge in [-0.15, -0.1) is 17.0 Å². The molecule has 0 saturated heterocycles. The molecule has 0 radical (unpaired) electrons. The number of halogens is 1. The van der Waals surface area contributed by atoms with Gasteiger partial charge in [-0.25, -0.2) is 0 Å². The molecule has 0 amide bonds. The van der Waals surface area contributed by atoms with Gasteiger partial charge < -0.3 is 4.90 Å². The highest BCUT2D eigenvalue weighted by molar-refractivity contribution is 8.93. The van der Waals surface area contributed by atoms with Gasteiger partial charge in [-0.2, -0.15) is 0 Å². The van der Waals surface area contributed by atoms with E-state index >= 15 is 0 Å². The normalized spacial score (nSPS) is 11.1. The SMILES string of the molecule is Br.CCCCCCCCCCCCCCCCCCCCCCN(C)CC. The second-order valence-corrected chi connectivity index (χ2v) is 8.61. The van der Waals surface area contributed by atoms with Crippen LogP contribution in [-0.4, -0.2) is 25.0 Å². The van der Waals surface area contributed by atoms with Gasteiger partial charge in [-0.05, 0) is 26.6 Å². The molecule has 2 heteroatoms. The first-order valence-electron chi connectivity index (χ1n) is 12.5. The summed E-state index contributed by atoms with van der Waals surface area (Å²) in [6.07, 6.45) is 29.3. The van der Waals surface area contributed by atoms with Crippen molar-refractivity contribution in [2.24, 2.45) is 0 Å². The summed E-state index contributed by atoms with van der Waals surface area (Å²) in [5, 5.41) is 0. The predicted octanol–water partition coefficient (Wildman–Crippen LogP) is 9.34. The summed E-state index contributed by atoms with van der Waals surface area (Å²) in [5.41, 5.74) is 0. The van der Waals surface area contributed by atoms with E-state index in [-0.39, 0.29) is 17.0 Å². The van der Waals surface area contributed by atoms with Crippen LogP contribution < -0.4 is 0 Å². The first-order valence-corrected chi connectivity index (χ1v) is 12.5. The number of nitrogens with zero attached hydrogens (tertiary/aromatic N) is 1. The maximum atomic E-state index is 2.43. The Labute approximate surface area is 184 Å². The minimum atomic E-state index is 0. The molecule has 1 nitrogen and oxygen atoms in total. The number of unbranched alkanes of at least 4 members (excludes halogenated alkanes) is 19. The maximum Gasteiger partial charge on any atom is -0.00219 e. The monoisotopic (exact) mass is 447 g/mol. The third kappa shape index (κ3) is 26.4. The van der Waals surface area contributed by atoms with Crippen LogP contribution in [0.15, 0.2) is 0 Å². The minimum absolute atomic E-state index is 0. The molecule has 27 heavy (non-hydrogen) atoms. The topological polar surface area (TPSA) is 3.24 Å². The van der Waals surface area contributed by atoms with Gasteiger partial charge in [0.05, 0.1) is 0 Å². The zero-order valence-electron chi connectivity index (χ0n) is 19.4. The van der Waals surface area contributed by atoms with Crippen LogP contribution >= 0.6 is 17.0 Å². The fourth-order valence-electron chi connectivity index (χ4n) is 3.80. The highest BCUT2D eigenvalue weighted by Gasteiger charge is 1.96. The lowest BCUT2D eigenvalue weighted by Gasteiger charge is -2.12. The van der Waals surface area contributed by atoms with Crippen LogP contribution in [0.5, 0.6) is 0 Å². The van der Waals surface area contributed by atoms with E-state index in [4.69, 9.17) is 0 Å². The van der Waals surface area contributed by atoms with Crippen molar-refractivity contribution in [3.05, 3.63) is 0 Å². The molecule has 166 valence electrons. The van der Waals surface area contributed by atoms with E-state index in [0.29, 0.717) is 0 Å². The Morgan fingerprint density at radius 2 is 0.667 bits per heavy atom. The zero-order chi connectivity index (χ0) is 19.1. The van der Waals surface area contributed by atoms with Crippen LogP contribution in [-0.2, 0) is 0 Å². The van der Waals surface area contributed by atoms with Gasteiger partial charge >= 0.3 is 0 Å². The molecule has 0 atom stereocenters. The zero-order valence-corrected chi connectivity index (χ0v) is 21.1. The molecule has 0 spiro atoms. The molecule has 0 aromatic carbocycles. The van der Waals surface area contributed by atoms with Gasteiger partial charge in [-0.1, -0.05) is 136 Å². The molecule has 0 aliphatic heterocycles. The standard InChI is InChI=1S/C25H53N.BrH/c1-4-6-7-8-9-10-11-12-13-14-15-16-17-18-19-20-21-22-23-24-25-26(3)5-2;/h4-25H2,1-3H3;1H. The highest BCUT2D eigenvalue weighted by Crippen LogP contribution is 2.14. The summed E-state index contributed by atoms with van der Waals surface area (Å²) < 4.78 is 0. The molecule has 0 fully saturated rings. The number of hydrogen-bond acceptors (Lipinski definition) is 1. The van der Waals surface area contributed by atoms with Crippen LogP contribution in [0.3, 0.4) is 0 Å². The molecule has 0 rings (SSSR count). The van der Waals surface area contributed by atoms with E-state index in [1.807, 2.05) is 0 Å². The van der Waals surface area contributed by atoms with Gasteiger partial charge in [0.2, 0.25) is 0 Å². The Morgan fingerprint density at radius 3 is 0.926 bits per heavy atom. The van der Waals surface area contributed by atoms with E-state index in [0.717, 1.165) is 0 Å². The fraction of sp³-hybridized carbons (Fsp3) is 1.00. The van der Waals surface area contributed by atoms with E-state index < -0.39 is 0 Å². The first kappa shape index (κ1) is 29.6. The van der Waals surface area contributed by atoms with Crippen molar-refractivity contribution in [2.45, 2.75) is 142 Å². The summed E-state index contributed by atoms with van der Waals surface area (Å²) in [6, 6.07) is 0.